The highest BCUT2D eigenvalue weighted by Crippen LogP contribution is 2.09. The molecule has 0 aliphatic carbocycles. The van der Waals surface area contributed by atoms with E-state index in [2.05, 4.69) is 11.9 Å². The number of likely N-dealkylation sites (N-methyl/N-ethyl adjacent to an activating group) is 1. The SMILES string of the molecule is CN1CC=C(OCO)CC1. The predicted octanol–water partition coefficient (Wildman–Crippen LogP) is 0.172. The topological polar surface area (TPSA) is 32.7 Å². The molecule has 58 valence electrons. The second kappa shape index (κ2) is 3.58. The van der Waals surface area contributed by atoms with Crippen molar-refractivity contribution in [3.05, 3.63) is 11.8 Å². The van der Waals surface area contributed by atoms with Crippen LogP contribution in [0.4, 0.5) is 0 Å². The van der Waals surface area contributed by atoms with Crippen LogP contribution >= 0.6 is 0 Å². The molecule has 0 unspecified atom stereocenters. The van der Waals surface area contributed by atoms with E-state index in [4.69, 9.17) is 9.84 Å². The van der Waals surface area contributed by atoms with Crippen molar-refractivity contribution in [2.24, 2.45) is 0 Å². The molecule has 0 amide bonds. The van der Waals surface area contributed by atoms with Crippen molar-refractivity contribution in [1.82, 2.24) is 4.90 Å². The number of aliphatic hydroxyl groups excluding tert-OH is 1. The van der Waals surface area contributed by atoms with E-state index in [0.717, 1.165) is 25.3 Å². The molecule has 0 saturated carbocycles. The average molecular weight is 143 g/mol. The smallest absolute Gasteiger partial charge is 0.185 e. The molecule has 0 bridgehead atoms. The zero-order chi connectivity index (χ0) is 7.40. The van der Waals surface area contributed by atoms with Crippen LogP contribution in [-0.4, -0.2) is 36.9 Å². The van der Waals surface area contributed by atoms with E-state index < -0.39 is 0 Å². The van der Waals surface area contributed by atoms with Crippen molar-refractivity contribution in [2.75, 3.05) is 26.9 Å². The van der Waals surface area contributed by atoms with Crippen LogP contribution in [0.5, 0.6) is 0 Å². The Balaban J connectivity index is 2.33. The van der Waals surface area contributed by atoms with E-state index >= 15 is 0 Å². The molecule has 10 heavy (non-hydrogen) atoms. The summed E-state index contributed by atoms with van der Waals surface area (Å²) in [7, 11) is 2.06. The molecule has 3 heteroatoms. The van der Waals surface area contributed by atoms with Gasteiger partial charge in [-0.1, -0.05) is 0 Å². The summed E-state index contributed by atoms with van der Waals surface area (Å²) in [5.74, 6) is 0.917. The Labute approximate surface area is 60.9 Å². The Morgan fingerprint density at radius 1 is 1.80 bits per heavy atom. The van der Waals surface area contributed by atoms with Crippen LogP contribution in [0, 0.1) is 0 Å². The highest BCUT2D eigenvalue weighted by atomic mass is 16.6. The molecular formula is C7H13NO2. The minimum atomic E-state index is -0.199. The highest BCUT2D eigenvalue weighted by molar-refractivity contribution is 4.98. The molecule has 0 radical (unpaired) electrons. The third kappa shape index (κ3) is 2.01. The van der Waals surface area contributed by atoms with Gasteiger partial charge in [0.25, 0.3) is 0 Å². The van der Waals surface area contributed by atoms with Crippen LogP contribution < -0.4 is 0 Å². The quantitative estimate of drug-likeness (QED) is 0.559. The first kappa shape index (κ1) is 7.57. The summed E-state index contributed by atoms with van der Waals surface area (Å²) in [6, 6.07) is 0. The van der Waals surface area contributed by atoms with Gasteiger partial charge >= 0.3 is 0 Å². The van der Waals surface area contributed by atoms with Crippen LogP contribution in [-0.2, 0) is 4.74 Å². The molecule has 1 rings (SSSR count). The summed E-state index contributed by atoms with van der Waals surface area (Å²) in [5, 5.41) is 8.41. The largest absolute Gasteiger partial charge is 0.472 e. The Morgan fingerprint density at radius 3 is 3.10 bits per heavy atom. The molecule has 0 aromatic rings. The number of hydrogen-bond donors (Lipinski definition) is 1. The summed E-state index contributed by atoms with van der Waals surface area (Å²) in [6.07, 6.45) is 2.91. The molecule has 0 aromatic carbocycles. The van der Waals surface area contributed by atoms with Crippen molar-refractivity contribution in [3.63, 3.8) is 0 Å². The van der Waals surface area contributed by atoms with Crippen molar-refractivity contribution < 1.29 is 9.84 Å². The maximum absolute atomic E-state index is 8.41. The Morgan fingerprint density at radius 2 is 2.60 bits per heavy atom. The lowest BCUT2D eigenvalue weighted by Crippen LogP contribution is -2.24. The molecule has 0 spiro atoms. The van der Waals surface area contributed by atoms with Crippen LogP contribution in [0.2, 0.25) is 0 Å². The standard InChI is InChI=1S/C7H13NO2/c1-8-4-2-7(3-5-8)10-6-9/h2,9H,3-6H2,1H3. The lowest BCUT2D eigenvalue weighted by atomic mass is 10.2. The Kier molecular flexibility index (Phi) is 2.71. The van der Waals surface area contributed by atoms with Gasteiger partial charge in [-0.05, 0) is 13.1 Å². The zero-order valence-corrected chi connectivity index (χ0v) is 6.21. The minimum Gasteiger partial charge on any atom is -0.472 e. The predicted molar refractivity (Wildman–Crippen MR) is 38.4 cm³/mol. The normalized spacial score (nSPS) is 20.4. The summed E-state index contributed by atoms with van der Waals surface area (Å²) in [6.45, 7) is 1.75. The lowest BCUT2D eigenvalue weighted by molar-refractivity contribution is 0.0334. The van der Waals surface area contributed by atoms with Gasteiger partial charge in [0.1, 0.15) is 0 Å². The van der Waals surface area contributed by atoms with Gasteiger partial charge in [0.05, 0.1) is 5.76 Å². The summed E-state index contributed by atoms with van der Waals surface area (Å²) >= 11 is 0. The van der Waals surface area contributed by atoms with Gasteiger partial charge in [-0.2, -0.15) is 0 Å². The van der Waals surface area contributed by atoms with E-state index in [1.807, 2.05) is 6.08 Å². The molecule has 1 aliphatic rings. The molecule has 0 atom stereocenters. The first-order chi connectivity index (χ1) is 4.83. The summed E-state index contributed by atoms with van der Waals surface area (Å²) in [4.78, 5) is 2.20. The van der Waals surface area contributed by atoms with Gasteiger partial charge in [0, 0.05) is 19.5 Å². The van der Waals surface area contributed by atoms with E-state index in [-0.39, 0.29) is 6.79 Å². The van der Waals surface area contributed by atoms with E-state index in [1.165, 1.54) is 0 Å². The van der Waals surface area contributed by atoms with E-state index in [0.29, 0.717) is 0 Å². The molecule has 0 aromatic heterocycles. The maximum atomic E-state index is 8.41. The second-order valence-electron chi connectivity index (χ2n) is 2.46. The monoisotopic (exact) mass is 143 g/mol. The molecule has 0 saturated heterocycles. The van der Waals surface area contributed by atoms with Crippen molar-refractivity contribution in [1.29, 1.82) is 0 Å². The number of aliphatic hydroxyl groups is 1. The van der Waals surface area contributed by atoms with E-state index in [9.17, 15) is 0 Å². The first-order valence-electron chi connectivity index (χ1n) is 3.44. The fourth-order valence-corrected chi connectivity index (χ4v) is 0.966. The molecule has 0 fully saturated rings. The second-order valence-corrected chi connectivity index (χ2v) is 2.46. The fourth-order valence-electron chi connectivity index (χ4n) is 0.966. The number of hydrogen-bond acceptors (Lipinski definition) is 3. The van der Waals surface area contributed by atoms with Gasteiger partial charge in [0.2, 0.25) is 0 Å². The third-order valence-corrected chi connectivity index (χ3v) is 1.62. The van der Waals surface area contributed by atoms with Crippen LogP contribution in [0.15, 0.2) is 11.8 Å². The lowest BCUT2D eigenvalue weighted by Gasteiger charge is -2.21. The van der Waals surface area contributed by atoms with E-state index in [1.54, 1.807) is 0 Å². The summed E-state index contributed by atoms with van der Waals surface area (Å²) in [5.41, 5.74) is 0. The summed E-state index contributed by atoms with van der Waals surface area (Å²) < 4.78 is 4.92. The molecule has 1 aliphatic heterocycles. The van der Waals surface area contributed by atoms with Gasteiger partial charge < -0.3 is 14.7 Å². The minimum absolute atomic E-state index is 0.199. The van der Waals surface area contributed by atoms with Crippen molar-refractivity contribution >= 4 is 0 Å². The number of nitrogens with zero attached hydrogens (tertiary/aromatic N) is 1. The van der Waals surface area contributed by atoms with Gasteiger partial charge in [-0.15, -0.1) is 0 Å². The number of rotatable bonds is 2. The zero-order valence-electron chi connectivity index (χ0n) is 6.21. The Hall–Kier alpha value is -0.540. The van der Waals surface area contributed by atoms with Gasteiger partial charge in [-0.3, -0.25) is 0 Å². The molecular weight excluding hydrogens is 130 g/mol. The van der Waals surface area contributed by atoms with Gasteiger partial charge in [-0.25, -0.2) is 0 Å². The van der Waals surface area contributed by atoms with Crippen molar-refractivity contribution in [3.8, 4) is 0 Å². The van der Waals surface area contributed by atoms with Crippen molar-refractivity contribution in [2.45, 2.75) is 6.42 Å². The Bertz CT molecular complexity index is 134. The van der Waals surface area contributed by atoms with Crippen LogP contribution in [0.3, 0.4) is 0 Å². The van der Waals surface area contributed by atoms with Crippen LogP contribution in [0.1, 0.15) is 6.42 Å². The highest BCUT2D eigenvalue weighted by Gasteiger charge is 2.07. The number of ether oxygens (including phenoxy) is 1. The maximum Gasteiger partial charge on any atom is 0.185 e. The first-order valence-corrected chi connectivity index (χ1v) is 3.44. The van der Waals surface area contributed by atoms with Gasteiger partial charge in [0.15, 0.2) is 6.79 Å². The average Bonchev–Trinajstić information content (AvgIpc) is 1.95. The molecule has 1 heterocycles. The van der Waals surface area contributed by atoms with Crippen LogP contribution in [0.25, 0.3) is 0 Å². The third-order valence-electron chi connectivity index (χ3n) is 1.62. The fraction of sp³-hybridized carbons (Fsp3) is 0.714. The molecule has 1 N–H and O–H groups in total. The molecule has 3 nitrogen and oxygen atoms in total.